The maximum absolute atomic E-state index is 6.02. The Balaban J connectivity index is 1.18. The van der Waals surface area contributed by atoms with E-state index in [0.717, 1.165) is 43.7 Å². The van der Waals surface area contributed by atoms with Crippen LogP contribution in [-0.2, 0) is 10.2 Å². The summed E-state index contributed by atoms with van der Waals surface area (Å²) in [6.07, 6.45) is 11.9. The minimum atomic E-state index is -0.0325. The van der Waals surface area contributed by atoms with Gasteiger partial charge in [-0.05, 0) is 132 Å². The molecule has 0 heterocycles. The third-order valence-corrected chi connectivity index (χ3v) is 10.7. The lowest BCUT2D eigenvalue weighted by atomic mass is 9.80. The monoisotopic (exact) mass is 696 g/mol. The van der Waals surface area contributed by atoms with Gasteiger partial charge in [-0.1, -0.05) is 118 Å². The first kappa shape index (κ1) is 35.8. The lowest BCUT2D eigenvalue weighted by molar-refractivity contribution is 0.147. The van der Waals surface area contributed by atoms with Crippen molar-refractivity contribution in [3.05, 3.63) is 175 Å². The second-order valence-corrected chi connectivity index (χ2v) is 14.9. The molecule has 0 N–H and O–H groups in total. The quantitative estimate of drug-likeness (QED) is 0.0900. The molecule has 0 fully saturated rings. The van der Waals surface area contributed by atoms with Crippen molar-refractivity contribution in [1.82, 2.24) is 0 Å². The Hall–Kier alpha value is -5.54. The zero-order valence-corrected chi connectivity index (χ0v) is 32.0. The molecule has 2 aliphatic carbocycles. The first-order valence-corrected chi connectivity index (χ1v) is 19.2. The van der Waals surface area contributed by atoms with Gasteiger partial charge in [-0.25, -0.2) is 0 Å². The average Bonchev–Trinajstić information content (AvgIpc) is 3.41. The fourth-order valence-corrected chi connectivity index (χ4v) is 8.10. The SMILES string of the molecule is C=C(C=CC)OC(C)CN(CCC)c1ccc(-c2ccc(N(c3ccc(-c4ccccc4)cc3)c3ccc4c(c3)C(C)(C)C3=C4CCC=C3)cc2)cc1. The highest BCUT2D eigenvalue weighted by Crippen LogP contribution is 2.51. The molecule has 1 unspecified atom stereocenters. The third-order valence-electron chi connectivity index (χ3n) is 10.7. The van der Waals surface area contributed by atoms with Crippen molar-refractivity contribution in [2.24, 2.45) is 0 Å². The predicted octanol–water partition coefficient (Wildman–Crippen LogP) is 13.6. The van der Waals surface area contributed by atoms with Gasteiger partial charge >= 0.3 is 0 Å². The number of allylic oxidation sites excluding steroid dienone is 6. The van der Waals surface area contributed by atoms with Crippen molar-refractivity contribution in [2.45, 2.75) is 65.4 Å². The smallest absolute Gasteiger partial charge is 0.113 e. The van der Waals surface area contributed by atoms with E-state index in [1.165, 1.54) is 55.9 Å². The Morgan fingerprint density at radius 3 is 1.92 bits per heavy atom. The molecule has 3 heteroatoms. The number of benzene rings is 5. The first-order valence-electron chi connectivity index (χ1n) is 19.2. The predicted molar refractivity (Wildman–Crippen MR) is 227 cm³/mol. The fraction of sp³-hybridized carbons (Fsp3) is 0.240. The van der Waals surface area contributed by atoms with Gasteiger partial charge in [-0.3, -0.25) is 0 Å². The Morgan fingerprint density at radius 1 is 0.774 bits per heavy atom. The summed E-state index contributed by atoms with van der Waals surface area (Å²) in [5, 5.41) is 0. The molecular formula is C50H52N2O. The Morgan fingerprint density at radius 2 is 1.34 bits per heavy atom. The molecule has 0 aliphatic heterocycles. The van der Waals surface area contributed by atoms with Gasteiger partial charge in [0.25, 0.3) is 0 Å². The summed E-state index contributed by atoms with van der Waals surface area (Å²) in [5.41, 5.74) is 15.3. The molecule has 0 saturated carbocycles. The van der Waals surface area contributed by atoms with Crippen LogP contribution in [0, 0.1) is 0 Å². The summed E-state index contributed by atoms with van der Waals surface area (Å²) in [6, 6.07) is 44.7. The summed E-state index contributed by atoms with van der Waals surface area (Å²) in [4.78, 5) is 4.81. The molecule has 0 bridgehead atoms. The van der Waals surface area contributed by atoms with E-state index in [-0.39, 0.29) is 11.5 Å². The van der Waals surface area contributed by atoms with E-state index in [1.807, 2.05) is 19.1 Å². The van der Waals surface area contributed by atoms with Crippen LogP contribution in [0.2, 0.25) is 0 Å². The van der Waals surface area contributed by atoms with Gasteiger partial charge in [0.1, 0.15) is 11.9 Å². The molecule has 268 valence electrons. The van der Waals surface area contributed by atoms with E-state index < -0.39 is 0 Å². The minimum Gasteiger partial charge on any atom is -0.490 e. The maximum atomic E-state index is 6.02. The van der Waals surface area contributed by atoms with Gasteiger partial charge in [0.2, 0.25) is 0 Å². The summed E-state index contributed by atoms with van der Waals surface area (Å²) >= 11 is 0. The van der Waals surface area contributed by atoms with Crippen molar-refractivity contribution in [3.8, 4) is 22.3 Å². The molecule has 0 aromatic heterocycles. The normalized spacial score (nSPS) is 14.9. The Labute approximate surface area is 317 Å². The van der Waals surface area contributed by atoms with E-state index in [2.05, 4.69) is 178 Å². The van der Waals surface area contributed by atoms with E-state index in [0.29, 0.717) is 5.76 Å². The lowest BCUT2D eigenvalue weighted by Crippen LogP contribution is -2.32. The number of hydrogen-bond donors (Lipinski definition) is 0. The van der Waals surface area contributed by atoms with Crippen LogP contribution in [-0.4, -0.2) is 19.2 Å². The minimum absolute atomic E-state index is 0.0325. The van der Waals surface area contributed by atoms with Gasteiger partial charge in [0.15, 0.2) is 0 Å². The zero-order valence-electron chi connectivity index (χ0n) is 32.0. The molecule has 0 spiro atoms. The van der Waals surface area contributed by atoms with Crippen molar-refractivity contribution < 1.29 is 4.74 Å². The van der Waals surface area contributed by atoms with Gasteiger partial charge in [-0.2, -0.15) is 0 Å². The first-order chi connectivity index (χ1) is 25.8. The van der Waals surface area contributed by atoms with Crippen LogP contribution < -0.4 is 9.80 Å². The van der Waals surface area contributed by atoms with E-state index in [1.54, 1.807) is 0 Å². The van der Waals surface area contributed by atoms with Crippen LogP contribution >= 0.6 is 0 Å². The zero-order chi connectivity index (χ0) is 37.0. The highest BCUT2D eigenvalue weighted by Gasteiger charge is 2.37. The number of nitrogens with zero attached hydrogens (tertiary/aromatic N) is 2. The summed E-state index contributed by atoms with van der Waals surface area (Å²) in [5.74, 6) is 0.700. The van der Waals surface area contributed by atoms with Crippen molar-refractivity contribution in [1.29, 1.82) is 0 Å². The van der Waals surface area contributed by atoms with Crippen molar-refractivity contribution in [3.63, 3.8) is 0 Å². The molecule has 53 heavy (non-hydrogen) atoms. The summed E-state index contributed by atoms with van der Waals surface area (Å²) < 4.78 is 6.02. The Bertz CT molecular complexity index is 2130. The number of fused-ring (bicyclic) bond motifs is 2. The second-order valence-electron chi connectivity index (χ2n) is 14.9. The van der Waals surface area contributed by atoms with Gasteiger partial charge in [-0.15, -0.1) is 0 Å². The number of rotatable bonds is 13. The fourth-order valence-electron chi connectivity index (χ4n) is 8.10. The molecule has 3 nitrogen and oxygen atoms in total. The van der Waals surface area contributed by atoms with E-state index >= 15 is 0 Å². The average molecular weight is 697 g/mol. The van der Waals surface area contributed by atoms with Crippen LogP contribution in [0.3, 0.4) is 0 Å². The van der Waals surface area contributed by atoms with Gasteiger partial charge in [0, 0.05) is 34.7 Å². The molecule has 0 amide bonds. The molecule has 2 aliphatic rings. The topological polar surface area (TPSA) is 15.7 Å². The number of hydrogen-bond acceptors (Lipinski definition) is 3. The van der Waals surface area contributed by atoms with Gasteiger partial charge in [0.05, 0.1) is 6.54 Å². The second kappa shape index (κ2) is 15.6. The molecule has 1 atom stereocenters. The largest absolute Gasteiger partial charge is 0.490 e. The summed E-state index contributed by atoms with van der Waals surface area (Å²) in [6.45, 7) is 16.9. The number of anilines is 4. The highest BCUT2D eigenvalue weighted by atomic mass is 16.5. The summed E-state index contributed by atoms with van der Waals surface area (Å²) in [7, 11) is 0. The molecular weight excluding hydrogens is 645 g/mol. The highest BCUT2D eigenvalue weighted by molar-refractivity contribution is 5.87. The standard InChI is InChI=1S/C50H52N2O/c1-7-14-36(3)53-37(4)35-51(33-8-2)42-25-19-40(20-26-42)41-23-29-44(30-24-41)52(43-27-21-39(22-28-43)38-15-10-9-11-16-38)45-31-32-47-46-17-12-13-18-48(46)50(5,6)49(47)34-45/h7,9-11,13-16,18-32,34,37H,3,8,12,17,33,35H2,1-2,4-6H3. The third kappa shape index (κ3) is 7.53. The van der Waals surface area contributed by atoms with E-state index in [4.69, 9.17) is 4.74 Å². The Kier molecular flexibility index (Phi) is 10.5. The van der Waals surface area contributed by atoms with Crippen LogP contribution in [0.1, 0.15) is 65.0 Å². The van der Waals surface area contributed by atoms with Gasteiger partial charge < -0.3 is 14.5 Å². The van der Waals surface area contributed by atoms with Crippen molar-refractivity contribution >= 4 is 28.3 Å². The lowest BCUT2D eigenvalue weighted by Gasteiger charge is -2.29. The van der Waals surface area contributed by atoms with Crippen LogP contribution in [0.25, 0.3) is 27.8 Å². The van der Waals surface area contributed by atoms with E-state index in [9.17, 15) is 0 Å². The molecule has 5 aromatic rings. The molecule has 0 saturated heterocycles. The van der Waals surface area contributed by atoms with Crippen LogP contribution in [0.15, 0.2) is 164 Å². The molecule has 5 aromatic carbocycles. The molecule has 7 rings (SSSR count). The van der Waals surface area contributed by atoms with Crippen LogP contribution in [0.4, 0.5) is 22.7 Å². The maximum Gasteiger partial charge on any atom is 0.113 e. The molecule has 0 radical (unpaired) electrons. The van der Waals surface area contributed by atoms with Crippen LogP contribution in [0.5, 0.6) is 0 Å². The number of ether oxygens (including phenoxy) is 1. The van der Waals surface area contributed by atoms with Crippen molar-refractivity contribution in [2.75, 3.05) is 22.9 Å².